The number of benzene rings is 1. The minimum absolute atomic E-state index is 0.169. The maximum atomic E-state index is 12.2. The molecule has 2 heterocycles. The number of rotatable bonds is 8. The van der Waals surface area contributed by atoms with Gasteiger partial charge in [-0.05, 0) is 35.7 Å². The Morgan fingerprint density at radius 1 is 1.21 bits per heavy atom. The molecule has 0 aliphatic rings. The molecule has 11 heteroatoms. The number of sulfonamides is 1. The lowest BCUT2D eigenvalue weighted by molar-refractivity contribution is -0.113. The van der Waals surface area contributed by atoms with E-state index in [1.54, 1.807) is 23.5 Å². The zero-order valence-electron chi connectivity index (χ0n) is 16.2. The van der Waals surface area contributed by atoms with Crippen LogP contribution in [0.3, 0.4) is 0 Å². The van der Waals surface area contributed by atoms with Crippen molar-refractivity contribution in [1.82, 2.24) is 19.1 Å². The molecule has 1 aromatic carbocycles. The third kappa shape index (κ3) is 5.24. The number of nitrogens with one attached hydrogen (secondary N) is 1. The van der Waals surface area contributed by atoms with Crippen LogP contribution in [0.5, 0.6) is 0 Å². The summed E-state index contributed by atoms with van der Waals surface area (Å²) in [5.74, 6) is 0.803. The smallest absolute Gasteiger partial charge is 0.242 e. The molecule has 0 aliphatic heterocycles. The molecule has 29 heavy (non-hydrogen) atoms. The molecule has 3 rings (SSSR count). The van der Waals surface area contributed by atoms with Gasteiger partial charge in [0.15, 0.2) is 5.16 Å². The second-order valence-electron chi connectivity index (χ2n) is 6.36. The van der Waals surface area contributed by atoms with Gasteiger partial charge in [0.25, 0.3) is 0 Å². The zero-order valence-corrected chi connectivity index (χ0v) is 18.6. The van der Waals surface area contributed by atoms with Crippen molar-refractivity contribution in [2.24, 2.45) is 7.05 Å². The van der Waals surface area contributed by atoms with Crippen molar-refractivity contribution in [2.75, 3.05) is 25.2 Å². The van der Waals surface area contributed by atoms with Crippen molar-refractivity contribution >= 4 is 44.7 Å². The summed E-state index contributed by atoms with van der Waals surface area (Å²) >= 11 is 2.96. The lowest BCUT2D eigenvalue weighted by Crippen LogP contribution is -2.22. The first-order valence-electron chi connectivity index (χ1n) is 8.63. The van der Waals surface area contributed by atoms with Crippen LogP contribution in [0.4, 0.5) is 5.69 Å². The van der Waals surface area contributed by atoms with Crippen molar-refractivity contribution in [3.05, 3.63) is 52.5 Å². The summed E-state index contributed by atoms with van der Waals surface area (Å²) in [7, 11) is 1.34. The highest BCUT2D eigenvalue weighted by Crippen LogP contribution is 2.20. The number of anilines is 1. The lowest BCUT2D eigenvalue weighted by Gasteiger charge is -2.12. The Labute approximate surface area is 178 Å². The van der Waals surface area contributed by atoms with Gasteiger partial charge in [0, 0.05) is 38.1 Å². The molecule has 2 aromatic heterocycles. The first-order chi connectivity index (χ1) is 13.8. The van der Waals surface area contributed by atoms with Gasteiger partial charge in [-0.2, -0.15) is 0 Å². The van der Waals surface area contributed by atoms with Gasteiger partial charge >= 0.3 is 0 Å². The molecule has 0 saturated carbocycles. The second kappa shape index (κ2) is 9.08. The molecule has 154 valence electrons. The molecule has 0 radical (unpaired) electrons. The van der Waals surface area contributed by atoms with Crippen LogP contribution in [-0.4, -0.2) is 53.2 Å². The van der Waals surface area contributed by atoms with Gasteiger partial charge in [0.1, 0.15) is 5.82 Å². The topological polar surface area (TPSA) is 97.2 Å². The van der Waals surface area contributed by atoms with Crippen LogP contribution in [0.1, 0.15) is 10.7 Å². The minimum Gasteiger partial charge on any atom is -0.325 e. The van der Waals surface area contributed by atoms with Gasteiger partial charge < -0.3 is 9.88 Å². The average molecular weight is 452 g/mol. The van der Waals surface area contributed by atoms with Crippen LogP contribution in [0.15, 0.2) is 51.8 Å². The Bertz CT molecular complexity index is 1070. The summed E-state index contributed by atoms with van der Waals surface area (Å²) in [6.07, 6.45) is 0.704. The molecule has 0 saturated heterocycles. The van der Waals surface area contributed by atoms with Gasteiger partial charge in [-0.15, -0.1) is 21.5 Å². The highest BCUT2D eigenvalue weighted by atomic mass is 32.2. The molecular formula is C18H21N5O3S3. The molecule has 0 bridgehead atoms. The van der Waals surface area contributed by atoms with E-state index in [4.69, 9.17) is 0 Å². The van der Waals surface area contributed by atoms with Crippen LogP contribution in [0.25, 0.3) is 0 Å². The number of thiophene rings is 1. The van der Waals surface area contributed by atoms with Crippen molar-refractivity contribution in [2.45, 2.75) is 16.5 Å². The molecular weight excluding hydrogens is 430 g/mol. The van der Waals surface area contributed by atoms with E-state index in [9.17, 15) is 13.2 Å². The van der Waals surface area contributed by atoms with Crippen LogP contribution >= 0.6 is 23.1 Å². The fourth-order valence-corrected chi connectivity index (χ4v) is 4.78. The predicted molar refractivity (Wildman–Crippen MR) is 115 cm³/mol. The Morgan fingerprint density at radius 2 is 1.93 bits per heavy atom. The van der Waals surface area contributed by atoms with Gasteiger partial charge in [-0.25, -0.2) is 12.7 Å². The maximum Gasteiger partial charge on any atom is 0.242 e. The molecule has 3 aromatic rings. The number of hydrogen-bond donors (Lipinski definition) is 1. The zero-order chi connectivity index (χ0) is 21.0. The number of amides is 1. The first-order valence-corrected chi connectivity index (χ1v) is 11.9. The number of hydrogen-bond acceptors (Lipinski definition) is 7. The van der Waals surface area contributed by atoms with E-state index in [1.807, 2.05) is 23.1 Å². The van der Waals surface area contributed by atoms with Crippen LogP contribution in [-0.2, 0) is 28.3 Å². The Balaban J connectivity index is 1.56. The molecule has 0 aliphatic carbocycles. The highest BCUT2D eigenvalue weighted by molar-refractivity contribution is 7.99. The van der Waals surface area contributed by atoms with E-state index in [2.05, 4.69) is 21.6 Å². The van der Waals surface area contributed by atoms with Crippen LogP contribution < -0.4 is 5.32 Å². The second-order valence-corrected chi connectivity index (χ2v) is 10.5. The number of carbonyl (C=O) groups is 1. The number of carbonyl (C=O) groups excluding carboxylic acids is 1. The normalized spacial score (nSPS) is 11.7. The molecule has 1 N–H and O–H groups in total. The summed E-state index contributed by atoms with van der Waals surface area (Å²) < 4.78 is 27.2. The van der Waals surface area contributed by atoms with E-state index >= 15 is 0 Å². The SMILES string of the molecule is CN(C)S(=O)(=O)c1ccc(NC(=O)CSc2nnc(Cc3cccs3)n2C)cc1. The summed E-state index contributed by atoms with van der Waals surface area (Å²) in [6, 6.07) is 10.1. The largest absolute Gasteiger partial charge is 0.325 e. The minimum atomic E-state index is -3.49. The van der Waals surface area contributed by atoms with Crippen molar-refractivity contribution in [3.63, 3.8) is 0 Å². The van der Waals surface area contributed by atoms with Crippen LogP contribution in [0, 0.1) is 0 Å². The number of aromatic nitrogens is 3. The molecule has 0 unspecified atom stereocenters. The Hall–Kier alpha value is -2.21. The van der Waals surface area contributed by atoms with Crippen molar-refractivity contribution in [3.8, 4) is 0 Å². The summed E-state index contributed by atoms with van der Waals surface area (Å²) in [5.41, 5.74) is 0.532. The molecule has 0 atom stereocenters. The Morgan fingerprint density at radius 3 is 2.55 bits per heavy atom. The van der Waals surface area contributed by atoms with E-state index in [1.165, 1.54) is 42.9 Å². The standard InChI is InChI=1S/C18H21N5O3S3/c1-22(2)29(25,26)15-8-6-13(7-9-15)19-17(24)12-28-18-21-20-16(23(18)3)11-14-5-4-10-27-14/h4-10H,11-12H2,1-3H3,(H,19,24). The molecule has 8 nitrogen and oxygen atoms in total. The van der Waals surface area contributed by atoms with Crippen molar-refractivity contribution in [1.29, 1.82) is 0 Å². The monoisotopic (exact) mass is 451 g/mol. The van der Waals surface area contributed by atoms with E-state index in [0.29, 0.717) is 17.3 Å². The fourth-order valence-electron chi connectivity index (χ4n) is 2.44. The van der Waals surface area contributed by atoms with E-state index < -0.39 is 10.0 Å². The van der Waals surface area contributed by atoms with E-state index in [0.717, 1.165) is 10.1 Å². The third-order valence-corrected chi connectivity index (χ3v) is 7.81. The number of thioether (sulfide) groups is 1. The maximum absolute atomic E-state index is 12.2. The van der Waals surface area contributed by atoms with E-state index in [-0.39, 0.29) is 16.6 Å². The summed E-state index contributed by atoms with van der Waals surface area (Å²) in [5, 5.41) is 13.8. The van der Waals surface area contributed by atoms with Gasteiger partial charge in [-0.1, -0.05) is 17.8 Å². The van der Waals surface area contributed by atoms with Gasteiger partial charge in [0.05, 0.1) is 10.6 Å². The average Bonchev–Trinajstić information content (AvgIpc) is 3.31. The molecule has 0 fully saturated rings. The molecule has 1 amide bonds. The first kappa shape index (κ1) is 21.5. The Kier molecular flexibility index (Phi) is 6.73. The highest BCUT2D eigenvalue weighted by Gasteiger charge is 2.17. The number of nitrogens with zero attached hydrogens (tertiary/aromatic N) is 4. The third-order valence-electron chi connectivity index (χ3n) is 4.09. The molecule has 0 spiro atoms. The van der Waals surface area contributed by atoms with Gasteiger partial charge in [-0.3, -0.25) is 4.79 Å². The van der Waals surface area contributed by atoms with Gasteiger partial charge in [0.2, 0.25) is 15.9 Å². The predicted octanol–water partition coefficient (Wildman–Crippen LogP) is 2.45. The quantitative estimate of drug-likeness (QED) is 0.529. The summed E-state index contributed by atoms with van der Waals surface area (Å²) in [6.45, 7) is 0. The van der Waals surface area contributed by atoms with Crippen LogP contribution in [0.2, 0.25) is 0 Å². The lowest BCUT2D eigenvalue weighted by atomic mass is 10.3. The van der Waals surface area contributed by atoms with Crippen molar-refractivity contribution < 1.29 is 13.2 Å². The summed E-state index contributed by atoms with van der Waals surface area (Å²) in [4.78, 5) is 13.6. The fraction of sp³-hybridized carbons (Fsp3) is 0.278.